The van der Waals surface area contributed by atoms with Crippen LogP contribution in [0.3, 0.4) is 0 Å². The zero-order chi connectivity index (χ0) is 10.6. The average Bonchev–Trinajstić information content (AvgIpc) is 2.21. The van der Waals surface area contributed by atoms with Gasteiger partial charge in [-0.15, -0.1) is 0 Å². The van der Waals surface area contributed by atoms with Gasteiger partial charge in [0.25, 0.3) is 0 Å². The van der Waals surface area contributed by atoms with Gasteiger partial charge in [-0.05, 0) is 13.0 Å². The van der Waals surface area contributed by atoms with Crippen molar-refractivity contribution in [3.63, 3.8) is 0 Å². The van der Waals surface area contributed by atoms with Gasteiger partial charge in [-0.2, -0.15) is 0 Å². The first-order chi connectivity index (χ1) is 6.69. The topological polar surface area (TPSA) is 32.5 Å². The Kier molecular flexibility index (Phi) is 4.85. The van der Waals surface area contributed by atoms with Crippen molar-refractivity contribution < 1.29 is 0 Å². The summed E-state index contributed by atoms with van der Waals surface area (Å²) >= 11 is 0. The van der Waals surface area contributed by atoms with Gasteiger partial charge in [-0.1, -0.05) is 20.3 Å². The molecule has 1 heterocycles. The molecular formula is C11H25N3. The molecule has 14 heavy (non-hydrogen) atoms. The largest absolute Gasteiger partial charge is 0.329 e. The molecule has 2 N–H and O–H groups in total. The first kappa shape index (κ1) is 12.0. The summed E-state index contributed by atoms with van der Waals surface area (Å²) in [4.78, 5) is 4.95. The third-order valence-electron chi connectivity index (χ3n) is 3.55. The molecule has 0 aromatic rings. The van der Waals surface area contributed by atoms with Gasteiger partial charge in [0, 0.05) is 38.8 Å². The van der Waals surface area contributed by atoms with Crippen LogP contribution in [0.25, 0.3) is 0 Å². The van der Waals surface area contributed by atoms with E-state index in [2.05, 4.69) is 30.7 Å². The number of hydrogen-bond donors (Lipinski definition) is 1. The van der Waals surface area contributed by atoms with Crippen molar-refractivity contribution in [3.8, 4) is 0 Å². The van der Waals surface area contributed by atoms with Crippen molar-refractivity contribution in [1.82, 2.24) is 9.80 Å². The summed E-state index contributed by atoms with van der Waals surface area (Å²) in [5.74, 6) is 0.725. The fraction of sp³-hybridized carbons (Fsp3) is 1.00. The molecule has 1 aliphatic rings. The highest BCUT2D eigenvalue weighted by molar-refractivity contribution is 4.81. The molecule has 1 aliphatic heterocycles. The van der Waals surface area contributed by atoms with Gasteiger partial charge in [0.05, 0.1) is 0 Å². The molecule has 84 valence electrons. The highest BCUT2D eigenvalue weighted by Crippen LogP contribution is 2.15. The molecule has 0 saturated carbocycles. The van der Waals surface area contributed by atoms with Crippen molar-refractivity contribution in [3.05, 3.63) is 0 Å². The monoisotopic (exact) mass is 199 g/mol. The van der Waals surface area contributed by atoms with Gasteiger partial charge in [0.15, 0.2) is 0 Å². The lowest BCUT2D eigenvalue weighted by molar-refractivity contribution is 0.0871. The van der Waals surface area contributed by atoms with E-state index in [1.165, 1.54) is 32.6 Å². The van der Waals surface area contributed by atoms with E-state index in [0.717, 1.165) is 12.5 Å². The van der Waals surface area contributed by atoms with Crippen LogP contribution < -0.4 is 5.73 Å². The van der Waals surface area contributed by atoms with Gasteiger partial charge in [0.2, 0.25) is 0 Å². The quantitative estimate of drug-likeness (QED) is 0.720. The van der Waals surface area contributed by atoms with Crippen LogP contribution in [0.4, 0.5) is 0 Å². The SMILES string of the molecule is CCC(C)C(CN)N1CCN(C)CC1. The van der Waals surface area contributed by atoms with E-state index in [1.54, 1.807) is 0 Å². The minimum absolute atomic E-state index is 0.591. The molecule has 0 bridgehead atoms. The summed E-state index contributed by atoms with van der Waals surface area (Å²) in [5, 5.41) is 0. The maximum Gasteiger partial charge on any atom is 0.0244 e. The lowest BCUT2D eigenvalue weighted by Gasteiger charge is -2.40. The van der Waals surface area contributed by atoms with Crippen LogP contribution in [0.2, 0.25) is 0 Å². The third kappa shape index (κ3) is 2.94. The van der Waals surface area contributed by atoms with Crippen LogP contribution in [-0.2, 0) is 0 Å². The Morgan fingerprint density at radius 2 is 1.79 bits per heavy atom. The van der Waals surface area contributed by atoms with Crippen molar-refractivity contribution in [2.45, 2.75) is 26.3 Å². The maximum atomic E-state index is 5.86. The maximum absolute atomic E-state index is 5.86. The molecule has 0 radical (unpaired) electrons. The normalized spacial score (nSPS) is 24.9. The van der Waals surface area contributed by atoms with E-state index < -0.39 is 0 Å². The molecule has 0 aromatic carbocycles. The highest BCUT2D eigenvalue weighted by atomic mass is 15.3. The molecule has 2 atom stereocenters. The predicted molar refractivity (Wildman–Crippen MR) is 61.4 cm³/mol. The standard InChI is InChI=1S/C11H25N3/c1-4-10(2)11(9-12)14-7-5-13(3)6-8-14/h10-11H,4-9,12H2,1-3H3. The molecule has 1 fully saturated rings. The molecule has 3 heteroatoms. The average molecular weight is 199 g/mol. The van der Waals surface area contributed by atoms with Gasteiger partial charge in [-0.3, -0.25) is 4.90 Å². The second kappa shape index (κ2) is 5.69. The van der Waals surface area contributed by atoms with Crippen LogP contribution in [0.1, 0.15) is 20.3 Å². The number of nitrogens with two attached hydrogens (primary N) is 1. The smallest absolute Gasteiger partial charge is 0.0244 e. The molecule has 2 unspecified atom stereocenters. The zero-order valence-corrected chi connectivity index (χ0v) is 9.87. The Balaban J connectivity index is 2.44. The second-order valence-corrected chi connectivity index (χ2v) is 4.53. The van der Waals surface area contributed by atoms with Crippen LogP contribution in [0.5, 0.6) is 0 Å². The molecule has 0 spiro atoms. The van der Waals surface area contributed by atoms with E-state index in [-0.39, 0.29) is 0 Å². The van der Waals surface area contributed by atoms with Gasteiger partial charge < -0.3 is 10.6 Å². The number of nitrogens with zero attached hydrogens (tertiary/aromatic N) is 2. The number of rotatable bonds is 4. The van der Waals surface area contributed by atoms with Crippen LogP contribution in [-0.4, -0.2) is 55.6 Å². The van der Waals surface area contributed by atoms with Crippen molar-refractivity contribution in [2.24, 2.45) is 11.7 Å². The van der Waals surface area contributed by atoms with E-state index in [0.29, 0.717) is 6.04 Å². The Labute approximate surface area is 88.2 Å². The summed E-state index contributed by atoms with van der Waals surface area (Å²) in [6.45, 7) is 10.1. The molecule has 1 saturated heterocycles. The Hall–Kier alpha value is -0.120. The van der Waals surface area contributed by atoms with Crippen LogP contribution in [0.15, 0.2) is 0 Å². The highest BCUT2D eigenvalue weighted by Gasteiger charge is 2.24. The molecule has 0 amide bonds. The van der Waals surface area contributed by atoms with Gasteiger partial charge >= 0.3 is 0 Å². The van der Waals surface area contributed by atoms with Crippen LogP contribution >= 0.6 is 0 Å². The number of hydrogen-bond acceptors (Lipinski definition) is 3. The van der Waals surface area contributed by atoms with Crippen molar-refractivity contribution in [1.29, 1.82) is 0 Å². The fourth-order valence-electron chi connectivity index (χ4n) is 2.17. The number of piperazine rings is 1. The van der Waals surface area contributed by atoms with E-state index in [9.17, 15) is 0 Å². The molecule has 3 nitrogen and oxygen atoms in total. The Bertz CT molecular complexity index is 153. The first-order valence-corrected chi connectivity index (χ1v) is 5.81. The zero-order valence-electron chi connectivity index (χ0n) is 9.87. The van der Waals surface area contributed by atoms with Crippen LogP contribution in [0, 0.1) is 5.92 Å². The van der Waals surface area contributed by atoms with Crippen molar-refractivity contribution >= 4 is 0 Å². The van der Waals surface area contributed by atoms with E-state index >= 15 is 0 Å². The first-order valence-electron chi connectivity index (χ1n) is 5.81. The third-order valence-corrected chi connectivity index (χ3v) is 3.55. The lowest BCUT2D eigenvalue weighted by Crippen LogP contribution is -2.53. The minimum Gasteiger partial charge on any atom is -0.329 e. The summed E-state index contributed by atoms with van der Waals surface area (Å²) < 4.78 is 0. The number of likely N-dealkylation sites (N-methyl/N-ethyl adjacent to an activating group) is 1. The van der Waals surface area contributed by atoms with Gasteiger partial charge in [-0.25, -0.2) is 0 Å². The Morgan fingerprint density at radius 3 is 2.21 bits per heavy atom. The Morgan fingerprint density at radius 1 is 1.21 bits per heavy atom. The van der Waals surface area contributed by atoms with Crippen molar-refractivity contribution in [2.75, 3.05) is 39.8 Å². The molecule has 0 aliphatic carbocycles. The molecule has 0 aromatic heterocycles. The lowest BCUT2D eigenvalue weighted by atomic mass is 9.97. The second-order valence-electron chi connectivity index (χ2n) is 4.53. The molecule has 1 rings (SSSR count). The van der Waals surface area contributed by atoms with E-state index in [4.69, 9.17) is 5.73 Å². The van der Waals surface area contributed by atoms with E-state index in [1.807, 2.05) is 0 Å². The summed E-state index contributed by atoms with van der Waals surface area (Å²) in [6.07, 6.45) is 1.23. The summed E-state index contributed by atoms with van der Waals surface area (Å²) in [7, 11) is 2.19. The summed E-state index contributed by atoms with van der Waals surface area (Å²) in [6, 6.07) is 0.591. The van der Waals surface area contributed by atoms with Gasteiger partial charge in [0.1, 0.15) is 0 Å². The molecular weight excluding hydrogens is 174 g/mol. The summed E-state index contributed by atoms with van der Waals surface area (Å²) in [5.41, 5.74) is 5.86. The fourth-order valence-corrected chi connectivity index (χ4v) is 2.17. The predicted octanol–water partition coefficient (Wildman–Crippen LogP) is 0.607. The minimum atomic E-state index is 0.591.